The molecular formula is C12H24N4. The molecule has 1 N–H and O–H groups in total. The van der Waals surface area contributed by atoms with E-state index in [1.54, 1.807) is 4.68 Å². The van der Waals surface area contributed by atoms with E-state index in [-0.39, 0.29) is 0 Å². The smallest absolute Gasteiger partial charge is 0.0964 e. The average molecular weight is 224 g/mol. The van der Waals surface area contributed by atoms with Crippen LogP contribution in [0.15, 0.2) is 6.20 Å². The third-order valence-corrected chi connectivity index (χ3v) is 2.93. The van der Waals surface area contributed by atoms with Gasteiger partial charge in [0.25, 0.3) is 0 Å². The summed E-state index contributed by atoms with van der Waals surface area (Å²) in [6, 6.07) is 0. The molecule has 0 saturated carbocycles. The summed E-state index contributed by atoms with van der Waals surface area (Å²) < 4.78 is 1.74. The maximum absolute atomic E-state index is 4.05. The Bertz CT molecular complexity index is 282. The van der Waals surface area contributed by atoms with Crippen molar-refractivity contribution in [2.45, 2.75) is 46.1 Å². The van der Waals surface area contributed by atoms with E-state index in [4.69, 9.17) is 0 Å². The molecule has 1 rings (SSSR count). The second-order valence-corrected chi connectivity index (χ2v) is 4.43. The van der Waals surface area contributed by atoms with Gasteiger partial charge in [0.15, 0.2) is 0 Å². The van der Waals surface area contributed by atoms with E-state index in [1.807, 2.05) is 13.2 Å². The Morgan fingerprint density at radius 3 is 2.81 bits per heavy atom. The summed E-state index contributed by atoms with van der Waals surface area (Å²) in [5.74, 6) is 0.802. The van der Waals surface area contributed by atoms with Gasteiger partial charge in [-0.25, -0.2) is 0 Å². The zero-order valence-corrected chi connectivity index (χ0v) is 10.7. The second kappa shape index (κ2) is 7.39. The molecular weight excluding hydrogens is 200 g/mol. The highest BCUT2D eigenvalue weighted by Crippen LogP contribution is 2.11. The second-order valence-electron chi connectivity index (χ2n) is 4.43. The van der Waals surface area contributed by atoms with E-state index in [0.717, 1.165) is 24.7 Å². The highest BCUT2D eigenvalue weighted by molar-refractivity contribution is 4.90. The van der Waals surface area contributed by atoms with Crippen LogP contribution in [0.1, 0.15) is 45.2 Å². The first kappa shape index (κ1) is 13.2. The van der Waals surface area contributed by atoms with Crippen LogP contribution in [0, 0.1) is 5.92 Å². The molecule has 1 aromatic heterocycles. The van der Waals surface area contributed by atoms with Gasteiger partial charge in [-0.1, -0.05) is 38.3 Å². The standard InChI is InChI=1S/C12H24N4/c1-4-6-7-11(5-2)8-13-9-12-10-16(3)15-14-12/h10-11,13H,4-9H2,1-3H3. The van der Waals surface area contributed by atoms with Crippen molar-refractivity contribution in [1.29, 1.82) is 0 Å². The number of hydrogen-bond donors (Lipinski definition) is 1. The Hall–Kier alpha value is -0.900. The van der Waals surface area contributed by atoms with Gasteiger partial charge in [-0.05, 0) is 18.9 Å². The first-order valence-electron chi connectivity index (χ1n) is 6.32. The third kappa shape index (κ3) is 4.75. The maximum atomic E-state index is 4.05. The number of nitrogens with one attached hydrogen (secondary N) is 1. The van der Waals surface area contributed by atoms with E-state index in [9.17, 15) is 0 Å². The van der Waals surface area contributed by atoms with Gasteiger partial charge >= 0.3 is 0 Å². The van der Waals surface area contributed by atoms with E-state index in [2.05, 4.69) is 29.5 Å². The van der Waals surface area contributed by atoms with E-state index in [0.29, 0.717) is 0 Å². The molecule has 1 heterocycles. The molecule has 0 aliphatic rings. The maximum Gasteiger partial charge on any atom is 0.0964 e. The van der Waals surface area contributed by atoms with E-state index < -0.39 is 0 Å². The molecule has 0 aliphatic carbocycles. The van der Waals surface area contributed by atoms with Crippen molar-refractivity contribution in [2.24, 2.45) is 13.0 Å². The number of aromatic nitrogens is 3. The zero-order valence-electron chi connectivity index (χ0n) is 10.7. The first-order chi connectivity index (χ1) is 7.76. The van der Waals surface area contributed by atoms with Crippen molar-refractivity contribution < 1.29 is 0 Å². The highest BCUT2D eigenvalue weighted by atomic mass is 15.4. The molecule has 0 saturated heterocycles. The number of unbranched alkanes of at least 4 members (excludes halogenated alkanes) is 1. The lowest BCUT2D eigenvalue weighted by Gasteiger charge is -2.14. The fourth-order valence-electron chi connectivity index (χ4n) is 1.82. The molecule has 0 radical (unpaired) electrons. The van der Waals surface area contributed by atoms with Crippen LogP contribution in [0.3, 0.4) is 0 Å². The number of hydrogen-bond acceptors (Lipinski definition) is 3. The SMILES string of the molecule is CCCCC(CC)CNCc1cn(C)nn1. The predicted octanol–water partition coefficient (Wildman–Crippen LogP) is 2.12. The molecule has 0 bridgehead atoms. The van der Waals surface area contributed by atoms with Gasteiger partial charge in [-0.2, -0.15) is 0 Å². The summed E-state index contributed by atoms with van der Waals surface area (Å²) in [6.45, 7) is 6.44. The molecule has 1 aromatic rings. The van der Waals surface area contributed by atoms with Crippen LogP contribution in [-0.2, 0) is 13.6 Å². The quantitative estimate of drug-likeness (QED) is 0.735. The zero-order chi connectivity index (χ0) is 11.8. The molecule has 16 heavy (non-hydrogen) atoms. The van der Waals surface area contributed by atoms with Gasteiger partial charge in [0.05, 0.1) is 5.69 Å². The summed E-state index contributed by atoms with van der Waals surface area (Å²) in [7, 11) is 1.90. The summed E-state index contributed by atoms with van der Waals surface area (Å²) >= 11 is 0. The lowest BCUT2D eigenvalue weighted by molar-refractivity contribution is 0.418. The van der Waals surface area contributed by atoms with Crippen molar-refractivity contribution >= 4 is 0 Å². The number of rotatable bonds is 8. The van der Waals surface area contributed by atoms with Crippen LogP contribution >= 0.6 is 0 Å². The fraction of sp³-hybridized carbons (Fsp3) is 0.833. The van der Waals surface area contributed by atoms with E-state index >= 15 is 0 Å². The van der Waals surface area contributed by atoms with E-state index in [1.165, 1.54) is 25.7 Å². The van der Waals surface area contributed by atoms with Crippen LogP contribution in [0.4, 0.5) is 0 Å². The summed E-state index contributed by atoms with van der Waals surface area (Å²) in [5.41, 5.74) is 1.02. The minimum absolute atomic E-state index is 0.802. The molecule has 4 heteroatoms. The van der Waals surface area contributed by atoms with Crippen LogP contribution < -0.4 is 5.32 Å². The lowest BCUT2D eigenvalue weighted by atomic mass is 9.99. The Kier molecular flexibility index (Phi) is 6.08. The lowest BCUT2D eigenvalue weighted by Crippen LogP contribution is -2.22. The summed E-state index contributed by atoms with van der Waals surface area (Å²) in [5, 5.41) is 11.4. The van der Waals surface area contributed by atoms with Gasteiger partial charge in [-0.15, -0.1) is 5.10 Å². The Labute approximate surface area is 98.4 Å². The Balaban J connectivity index is 2.17. The first-order valence-corrected chi connectivity index (χ1v) is 6.32. The normalized spacial score (nSPS) is 12.9. The van der Waals surface area contributed by atoms with Crippen LogP contribution in [0.2, 0.25) is 0 Å². The van der Waals surface area contributed by atoms with Crippen LogP contribution in [0.25, 0.3) is 0 Å². The van der Waals surface area contributed by atoms with Crippen LogP contribution in [0.5, 0.6) is 0 Å². The van der Waals surface area contributed by atoms with Crippen molar-refractivity contribution in [3.05, 3.63) is 11.9 Å². The largest absolute Gasteiger partial charge is 0.311 e. The van der Waals surface area contributed by atoms with Gasteiger partial charge in [0.2, 0.25) is 0 Å². The van der Waals surface area contributed by atoms with Gasteiger partial charge in [0, 0.05) is 19.8 Å². The predicted molar refractivity (Wildman–Crippen MR) is 66.0 cm³/mol. The number of nitrogens with zero attached hydrogens (tertiary/aromatic N) is 3. The van der Waals surface area contributed by atoms with Gasteiger partial charge < -0.3 is 5.32 Å². The monoisotopic (exact) mass is 224 g/mol. The molecule has 4 nitrogen and oxygen atoms in total. The molecule has 0 spiro atoms. The molecule has 1 unspecified atom stereocenters. The van der Waals surface area contributed by atoms with Crippen LogP contribution in [-0.4, -0.2) is 21.5 Å². The Morgan fingerprint density at radius 2 is 2.25 bits per heavy atom. The van der Waals surface area contributed by atoms with Crippen molar-refractivity contribution in [2.75, 3.05) is 6.54 Å². The summed E-state index contributed by atoms with van der Waals surface area (Å²) in [4.78, 5) is 0. The molecule has 0 amide bonds. The number of aryl methyl sites for hydroxylation is 1. The van der Waals surface area contributed by atoms with Crippen molar-refractivity contribution in [3.63, 3.8) is 0 Å². The molecule has 0 fully saturated rings. The average Bonchev–Trinajstić information content (AvgIpc) is 2.69. The third-order valence-electron chi connectivity index (χ3n) is 2.93. The van der Waals surface area contributed by atoms with Gasteiger partial charge in [0.1, 0.15) is 0 Å². The topological polar surface area (TPSA) is 42.7 Å². The molecule has 92 valence electrons. The van der Waals surface area contributed by atoms with Crippen molar-refractivity contribution in [1.82, 2.24) is 20.3 Å². The molecule has 1 atom stereocenters. The fourth-order valence-corrected chi connectivity index (χ4v) is 1.82. The summed E-state index contributed by atoms with van der Waals surface area (Å²) in [6.07, 6.45) is 7.18. The minimum Gasteiger partial charge on any atom is -0.311 e. The van der Waals surface area contributed by atoms with Crippen molar-refractivity contribution in [3.8, 4) is 0 Å². The molecule has 0 aromatic carbocycles. The highest BCUT2D eigenvalue weighted by Gasteiger charge is 2.05. The Morgan fingerprint density at radius 1 is 1.44 bits per heavy atom. The minimum atomic E-state index is 0.802. The molecule has 0 aliphatic heterocycles. The van der Waals surface area contributed by atoms with Gasteiger partial charge in [-0.3, -0.25) is 4.68 Å².